The summed E-state index contributed by atoms with van der Waals surface area (Å²) in [5.74, 6) is -0.794. The topological polar surface area (TPSA) is 66.9 Å². The van der Waals surface area contributed by atoms with E-state index < -0.39 is 5.82 Å². The molecule has 0 aliphatic carbocycles. The fourth-order valence-corrected chi connectivity index (χ4v) is 2.10. The molecule has 0 spiro atoms. The highest BCUT2D eigenvalue weighted by Crippen LogP contribution is 2.12. The molecule has 2 N–H and O–H groups in total. The molecule has 5 nitrogen and oxygen atoms in total. The Kier molecular flexibility index (Phi) is 4.76. The molecule has 0 saturated carbocycles. The first-order valence-corrected chi connectivity index (χ1v) is 7.36. The molecule has 1 amide bonds. The first kappa shape index (κ1) is 15.6. The number of rotatable bonds is 5. The minimum Gasteiger partial charge on any atom is -0.380 e. The molecule has 0 aliphatic heterocycles. The number of hydrogen-bond acceptors (Lipinski definition) is 4. The van der Waals surface area contributed by atoms with Crippen molar-refractivity contribution in [3.63, 3.8) is 0 Å². The standard InChI is InChI=1S/C18H15FN4O/c19-14-2-1-3-15(10-14)23-18(24)17-5-4-16(12-22-17)21-11-13-6-8-20-9-7-13/h1-10,12,21H,11H2,(H,23,24). The summed E-state index contributed by atoms with van der Waals surface area (Å²) in [6, 6.07) is 12.9. The van der Waals surface area contributed by atoms with Crippen LogP contribution in [0.15, 0.2) is 67.1 Å². The van der Waals surface area contributed by atoms with E-state index in [1.54, 1.807) is 36.8 Å². The number of nitrogens with zero attached hydrogens (tertiary/aromatic N) is 2. The lowest BCUT2D eigenvalue weighted by Crippen LogP contribution is -2.13. The van der Waals surface area contributed by atoms with Crippen LogP contribution in [0.3, 0.4) is 0 Å². The number of benzene rings is 1. The summed E-state index contributed by atoms with van der Waals surface area (Å²) in [6.07, 6.45) is 5.05. The molecule has 0 unspecified atom stereocenters. The van der Waals surface area contributed by atoms with Gasteiger partial charge >= 0.3 is 0 Å². The first-order valence-electron chi connectivity index (χ1n) is 7.36. The van der Waals surface area contributed by atoms with Gasteiger partial charge in [0.15, 0.2) is 0 Å². The van der Waals surface area contributed by atoms with Crippen LogP contribution in [0.2, 0.25) is 0 Å². The second-order valence-electron chi connectivity index (χ2n) is 5.11. The molecule has 24 heavy (non-hydrogen) atoms. The maximum Gasteiger partial charge on any atom is 0.274 e. The summed E-state index contributed by atoms with van der Waals surface area (Å²) < 4.78 is 13.1. The lowest BCUT2D eigenvalue weighted by molar-refractivity contribution is 0.102. The molecule has 2 heterocycles. The molecule has 6 heteroatoms. The quantitative estimate of drug-likeness (QED) is 0.755. The van der Waals surface area contributed by atoms with Gasteiger partial charge in [-0.3, -0.25) is 9.78 Å². The Labute approximate surface area is 138 Å². The van der Waals surface area contributed by atoms with Crippen molar-refractivity contribution in [1.29, 1.82) is 0 Å². The zero-order valence-electron chi connectivity index (χ0n) is 12.7. The molecule has 0 atom stereocenters. The Bertz CT molecular complexity index is 822. The molecular weight excluding hydrogens is 307 g/mol. The van der Waals surface area contributed by atoms with Crippen molar-refractivity contribution in [3.8, 4) is 0 Å². The largest absolute Gasteiger partial charge is 0.380 e. The van der Waals surface area contributed by atoms with Crippen LogP contribution in [-0.2, 0) is 6.54 Å². The van der Waals surface area contributed by atoms with Crippen molar-refractivity contribution >= 4 is 17.3 Å². The van der Waals surface area contributed by atoms with Crippen LogP contribution >= 0.6 is 0 Å². The number of anilines is 2. The highest BCUT2D eigenvalue weighted by Gasteiger charge is 2.08. The van der Waals surface area contributed by atoms with Gasteiger partial charge in [-0.05, 0) is 48.0 Å². The normalized spacial score (nSPS) is 10.2. The molecular formula is C18H15FN4O. The van der Waals surface area contributed by atoms with Crippen molar-refractivity contribution < 1.29 is 9.18 Å². The van der Waals surface area contributed by atoms with E-state index in [1.165, 1.54) is 18.2 Å². The zero-order chi connectivity index (χ0) is 16.8. The minimum absolute atomic E-state index is 0.258. The third-order valence-corrected chi connectivity index (χ3v) is 3.32. The number of aromatic nitrogens is 2. The third kappa shape index (κ3) is 4.13. The molecule has 0 bridgehead atoms. The maximum absolute atomic E-state index is 13.1. The van der Waals surface area contributed by atoms with Crippen LogP contribution in [-0.4, -0.2) is 15.9 Å². The molecule has 0 aliphatic rings. The van der Waals surface area contributed by atoms with Crippen LogP contribution in [0.25, 0.3) is 0 Å². The number of carbonyl (C=O) groups excluding carboxylic acids is 1. The van der Waals surface area contributed by atoms with Gasteiger partial charge in [0.05, 0.1) is 11.9 Å². The van der Waals surface area contributed by atoms with E-state index in [2.05, 4.69) is 20.6 Å². The maximum atomic E-state index is 13.1. The zero-order valence-corrected chi connectivity index (χ0v) is 12.7. The molecule has 2 aromatic heterocycles. The van der Waals surface area contributed by atoms with Gasteiger partial charge in [0.2, 0.25) is 0 Å². The molecule has 0 fully saturated rings. The molecule has 3 rings (SSSR count). The summed E-state index contributed by atoms with van der Waals surface area (Å²) in [4.78, 5) is 20.2. The van der Waals surface area contributed by atoms with Gasteiger partial charge in [-0.25, -0.2) is 9.37 Å². The van der Waals surface area contributed by atoms with E-state index in [1.807, 2.05) is 12.1 Å². The van der Waals surface area contributed by atoms with Crippen LogP contribution < -0.4 is 10.6 Å². The molecule has 120 valence electrons. The molecule has 0 saturated heterocycles. The lowest BCUT2D eigenvalue weighted by atomic mass is 10.2. The summed E-state index contributed by atoms with van der Waals surface area (Å²) >= 11 is 0. The Morgan fingerprint density at radius 2 is 1.88 bits per heavy atom. The van der Waals surface area contributed by atoms with Crippen LogP contribution in [0.4, 0.5) is 15.8 Å². The smallest absolute Gasteiger partial charge is 0.274 e. The number of carbonyl (C=O) groups is 1. The second-order valence-corrected chi connectivity index (χ2v) is 5.11. The van der Waals surface area contributed by atoms with Crippen molar-refractivity contribution in [2.75, 3.05) is 10.6 Å². The summed E-state index contributed by atoms with van der Waals surface area (Å²) in [6.45, 7) is 0.638. The number of nitrogens with one attached hydrogen (secondary N) is 2. The Morgan fingerprint density at radius 1 is 1.04 bits per heavy atom. The molecule has 1 aromatic carbocycles. The molecule has 0 radical (unpaired) electrons. The predicted octanol–water partition coefficient (Wildman–Crippen LogP) is 3.48. The Balaban J connectivity index is 1.60. The van der Waals surface area contributed by atoms with Crippen LogP contribution in [0.1, 0.15) is 16.1 Å². The van der Waals surface area contributed by atoms with Gasteiger partial charge in [0, 0.05) is 24.6 Å². The predicted molar refractivity (Wildman–Crippen MR) is 90.2 cm³/mol. The van der Waals surface area contributed by atoms with Gasteiger partial charge in [-0.2, -0.15) is 0 Å². The van der Waals surface area contributed by atoms with E-state index in [0.717, 1.165) is 11.3 Å². The SMILES string of the molecule is O=C(Nc1cccc(F)c1)c1ccc(NCc2ccncc2)cn1. The fraction of sp³-hybridized carbons (Fsp3) is 0.0556. The van der Waals surface area contributed by atoms with Gasteiger partial charge in [0.1, 0.15) is 11.5 Å². The summed E-state index contributed by atoms with van der Waals surface area (Å²) in [5, 5.41) is 5.82. The van der Waals surface area contributed by atoms with Gasteiger partial charge in [-0.15, -0.1) is 0 Å². The van der Waals surface area contributed by atoms with Gasteiger partial charge in [0.25, 0.3) is 5.91 Å². The van der Waals surface area contributed by atoms with E-state index in [0.29, 0.717) is 12.2 Å². The number of pyridine rings is 2. The number of halogens is 1. The van der Waals surface area contributed by atoms with Crippen LogP contribution in [0.5, 0.6) is 0 Å². The Hall–Kier alpha value is -3.28. The van der Waals surface area contributed by atoms with E-state index in [-0.39, 0.29) is 11.6 Å². The average molecular weight is 322 g/mol. The average Bonchev–Trinajstić information content (AvgIpc) is 2.61. The first-order chi connectivity index (χ1) is 11.7. The lowest BCUT2D eigenvalue weighted by Gasteiger charge is -2.08. The van der Waals surface area contributed by atoms with E-state index in [9.17, 15) is 9.18 Å². The second kappa shape index (κ2) is 7.32. The highest BCUT2D eigenvalue weighted by molar-refractivity contribution is 6.02. The van der Waals surface area contributed by atoms with Crippen molar-refractivity contribution in [3.05, 3.63) is 84.2 Å². The summed E-state index contributed by atoms with van der Waals surface area (Å²) in [7, 11) is 0. The minimum atomic E-state index is -0.406. The van der Waals surface area contributed by atoms with Gasteiger partial charge < -0.3 is 10.6 Å². The fourth-order valence-electron chi connectivity index (χ4n) is 2.10. The van der Waals surface area contributed by atoms with Crippen molar-refractivity contribution in [2.24, 2.45) is 0 Å². The van der Waals surface area contributed by atoms with E-state index >= 15 is 0 Å². The monoisotopic (exact) mass is 322 g/mol. The summed E-state index contributed by atoms with van der Waals surface area (Å²) in [5.41, 5.74) is 2.54. The highest BCUT2D eigenvalue weighted by atomic mass is 19.1. The van der Waals surface area contributed by atoms with Gasteiger partial charge in [-0.1, -0.05) is 6.07 Å². The molecule has 3 aromatic rings. The van der Waals surface area contributed by atoms with Crippen LogP contribution in [0, 0.1) is 5.82 Å². The van der Waals surface area contributed by atoms with E-state index in [4.69, 9.17) is 0 Å². The van der Waals surface area contributed by atoms with Crippen molar-refractivity contribution in [1.82, 2.24) is 9.97 Å². The third-order valence-electron chi connectivity index (χ3n) is 3.32. The number of hydrogen-bond donors (Lipinski definition) is 2. The Morgan fingerprint density at radius 3 is 2.58 bits per heavy atom. The van der Waals surface area contributed by atoms with Crippen molar-refractivity contribution in [2.45, 2.75) is 6.54 Å². The number of amides is 1.